The highest BCUT2D eigenvalue weighted by Gasteiger charge is 2.13. The second-order valence-electron chi connectivity index (χ2n) is 3.66. The zero-order valence-electron chi connectivity index (χ0n) is 9.31. The number of anilines is 1. The highest BCUT2D eigenvalue weighted by atomic mass is 15.1. The number of rotatable bonds is 2. The minimum atomic E-state index is 0.301. The predicted octanol–water partition coefficient (Wildman–Crippen LogP) is 1.36. The highest BCUT2D eigenvalue weighted by Crippen LogP contribution is 2.20. The van der Waals surface area contributed by atoms with E-state index >= 15 is 0 Å². The Kier molecular flexibility index (Phi) is 2.49. The maximum Gasteiger partial charge on any atom is 0.208 e. The van der Waals surface area contributed by atoms with Gasteiger partial charge in [-0.3, -0.25) is 0 Å². The fraction of sp³-hybridized carbons (Fsp3) is 0.364. The second kappa shape index (κ2) is 3.81. The molecule has 5 heteroatoms. The molecule has 0 fully saturated rings. The van der Waals surface area contributed by atoms with Gasteiger partial charge < -0.3 is 10.3 Å². The van der Waals surface area contributed by atoms with Crippen LogP contribution < -0.4 is 5.73 Å². The lowest BCUT2D eigenvalue weighted by Gasteiger charge is -2.10. The molecule has 2 rings (SSSR count). The Morgan fingerprint density at radius 3 is 2.94 bits per heavy atom. The maximum atomic E-state index is 5.77. The van der Waals surface area contributed by atoms with Crippen molar-refractivity contribution in [3.63, 3.8) is 0 Å². The van der Waals surface area contributed by atoms with Gasteiger partial charge >= 0.3 is 0 Å². The van der Waals surface area contributed by atoms with Crippen molar-refractivity contribution < 1.29 is 0 Å². The van der Waals surface area contributed by atoms with Gasteiger partial charge in [-0.25, -0.2) is 15.0 Å². The van der Waals surface area contributed by atoms with Gasteiger partial charge in [0.25, 0.3) is 0 Å². The van der Waals surface area contributed by atoms with Crippen molar-refractivity contribution in [1.29, 1.82) is 0 Å². The number of fused-ring (bicyclic) bond motifs is 1. The summed E-state index contributed by atoms with van der Waals surface area (Å²) in [6.45, 7) is 4.19. The fourth-order valence-electron chi connectivity index (χ4n) is 1.52. The number of imidazole rings is 1. The first kappa shape index (κ1) is 10.4. The van der Waals surface area contributed by atoms with Gasteiger partial charge in [-0.1, -0.05) is 6.92 Å². The Hall–Kier alpha value is -2.09. The summed E-state index contributed by atoms with van der Waals surface area (Å²) in [4.78, 5) is 12.4. The van der Waals surface area contributed by atoms with Crippen LogP contribution in [0, 0.1) is 12.3 Å². The average Bonchev–Trinajstić information content (AvgIpc) is 2.72. The smallest absolute Gasteiger partial charge is 0.208 e. The van der Waals surface area contributed by atoms with Crippen molar-refractivity contribution >= 4 is 17.0 Å². The third kappa shape index (κ3) is 1.48. The third-order valence-electron chi connectivity index (χ3n) is 2.64. The monoisotopic (exact) mass is 215 g/mol. The van der Waals surface area contributed by atoms with E-state index in [0.29, 0.717) is 28.8 Å². The summed E-state index contributed by atoms with van der Waals surface area (Å²) in [5.41, 5.74) is 7.08. The Morgan fingerprint density at radius 2 is 2.31 bits per heavy atom. The molecule has 2 aromatic rings. The van der Waals surface area contributed by atoms with Gasteiger partial charge in [0.2, 0.25) is 5.82 Å². The summed E-state index contributed by atoms with van der Waals surface area (Å²) >= 11 is 0. The Labute approximate surface area is 93.7 Å². The molecule has 1 atom stereocenters. The number of nitrogens with two attached hydrogens (primary N) is 1. The molecule has 0 spiro atoms. The van der Waals surface area contributed by atoms with Crippen LogP contribution in [0.15, 0.2) is 6.33 Å². The van der Waals surface area contributed by atoms with E-state index in [2.05, 4.69) is 34.7 Å². The van der Waals surface area contributed by atoms with E-state index in [-0.39, 0.29) is 0 Å². The van der Waals surface area contributed by atoms with E-state index in [4.69, 9.17) is 12.2 Å². The minimum Gasteiger partial charge on any atom is -0.382 e. The van der Waals surface area contributed by atoms with Gasteiger partial charge in [0.15, 0.2) is 11.5 Å². The topological polar surface area (TPSA) is 69.6 Å². The molecule has 1 unspecified atom stereocenters. The first-order chi connectivity index (χ1) is 7.67. The van der Waals surface area contributed by atoms with Gasteiger partial charge in [0, 0.05) is 6.04 Å². The van der Waals surface area contributed by atoms with Gasteiger partial charge in [-0.2, -0.15) is 0 Å². The van der Waals surface area contributed by atoms with Crippen molar-refractivity contribution in [3.05, 3.63) is 12.2 Å². The molecule has 0 aliphatic rings. The second-order valence-corrected chi connectivity index (χ2v) is 3.66. The number of hydrogen-bond acceptors (Lipinski definition) is 4. The molecule has 2 N–H and O–H groups in total. The van der Waals surface area contributed by atoms with Crippen molar-refractivity contribution in [2.45, 2.75) is 26.3 Å². The average molecular weight is 215 g/mol. The lowest BCUT2D eigenvalue weighted by Crippen LogP contribution is -2.05. The summed E-state index contributed by atoms with van der Waals surface area (Å²) in [5, 5.41) is 0. The number of hydrogen-bond donors (Lipinski definition) is 1. The first-order valence-electron chi connectivity index (χ1n) is 5.14. The summed E-state index contributed by atoms with van der Waals surface area (Å²) < 4.78 is 1.97. The SMILES string of the molecule is C#Cc1nc(N)c2ncn(C(C)CC)c2n1. The van der Waals surface area contributed by atoms with Crippen LogP contribution in [0.3, 0.4) is 0 Å². The highest BCUT2D eigenvalue weighted by molar-refractivity contribution is 5.82. The molecule has 82 valence electrons. The molecule has 2 heterocycles. The van der Waals surface area contributed by atoms with Gasteiger partial charge in [-0.05, 0) is 19.3 Å². The Bertz CT molecular complexity index is 563. The van der Waals surface area contributed by atoms with Crippen LogP contribution in [0.2, 0.25) is 0 Å². The minimum absolute atomic E-state index is 0.301. The lowest BCUT2D eigenvalue weighted by atomic mass is 10.2. The van der Waals surface area contributed by atoms with Crippen molar-refractivity contribution in [2.24, 2.45) is 0 Å². The van der Waals surface area contributed by atoms with Crippen LogP contribution in [0.1, 0.15) is 32.1 Å². The molecular weight excluding hydrogens is 202 g/mol. The standard InChI is InChI=1S/C11H13N5/c1-4-7(3)16-6-13-9-10(12)14-8(5-2)15-11(9)16/h2,6-7H,4H2,1,3H3,(H2,12,14,15). The van der Waals surface area contributed by atoms with Gasteiger partial charge in [-0.15, -0.1) is 6.42 Å². The molecule has 0 saturated heterocycles. The molecule has 16 heavy (non-hydrogen) atoms. The van der Waals surface area contributed by atoms with Crippen LogP contribution in [-0.2, 0) is 0 Å². The Balaban J connectivity index is 2.71. The normalized spacial score (nSPS) is 12.6. The van der Waals surface area contributed by atoms with Gasteiger partial charge in [0.1, 0.15) is 5.52 Å². The number of terminal acetylenes is 1. The molecular formula is C11H13N5. The molecule has 0 radical (unpaired) electrons. The van der Waals surface area contributed by atoms with Crippen molar-refractivity contribution in [1.82, 2.24) is 19.5 Å². The van der Waals surface area contributed by atoms with Crippen LogP contribution in [0.25, 0.3) is 11.2 Å². The van der Waals surface area contributed by atoms with Crippen molar-refractivity contribution in [2.75, 3.05) is 5.73 Å². The van der Waals surface area contributed by atoms with Crippen molar-refractivity contribution in [3.8, 4) is 12.3 Å². The van der Waals surface area contributed by atoms with E-state index in [1.165, 1.54) is 0 Å². The van der Waals surface area contributed by atoms with E-state index in [1.54, 1.807) is 6.33 Å². The molecule has 0 aliphatic heterocycles. The number of nitrogens with zero attached hydrogens (tertiary/aromatic N) is 4. The zero-order chi connectivity index (χ0) is 11.7. The van der Waals surface area contributed by atoms with E-state index < -0.39 is 0 Å². The summed E-state index contributed by atoms with van der Waals surface area (Å²) in [6.07, 6.45) is 7.99. The van der Waals surface area contributed by atoms with E-state index in [9.17, 15) is 0 Å². The van der Waals surface area contributed by atoms with E-state index in [0.717, 1.165) is 6.42 Å². The fourth-order valence-corrected chi connectivity index (χ4v) is 1.52. The Morgan fingerprint density at radius 1 is 1.56 bits per heavy atom. The van der Waals surface area contributed by atoms with Crippen LogP contribution in [-0.4, -0.2) is 19.5 Å². The maximum absolute atomic E-state index is 5.77. The molecule has 0 amide bonds. The third-order valence-corrected chi connectivity index (χ3v) is 2.64. The lowest BCUT2D eigenvalue weighted by molar-refractivity contribution is 0.541. The number of nitrogen functional groups attached to an aromatic ring is 1. The summed E-state index contributed by atoms with van der Waals surface area (Å²) in [6, 6.07) is 0.310. The zero-order valence-corrected chi connectivity index (χ0v) is 9.31. The summed E-state index contributed by atoms with van der Waals surface area (Å²) in [5.74, 6) is 3.02. The van der Waals surface area contributed by atoms with Crippen LogP contribution in [0.5, 0.6) is 0 Å². The number of aromatic nitrogens is 4. The predicted molar refractivity (Wildman–Crippen MR) is 62.7 cm³/mol. The molecule has 0 aliphatic carbocycles. The molecule has 0 aromatic carbocycles. The summed E-state index contributed by atoms with van der Waals surface area (Å²) in [7, 11) is 0. The largest absolute Gasteiger partial charge is 0.382 e. The molecule has 5 nitrogen and oxygen atoms in total. The molecule has 0 saturated carbocycles. The first-order valence-corrected chi connectivity index (χ1v) is 5.14. The van der Waals surface area contributed by atoms with Gasteiger partial charge in [0.05, 0.1) is 6.33 Å². The van der Waals surface area contributed by atoms with Crippen LogP contribution >= 0.6 is 0 Å². The molecule has 0 bridgehead atoms. The van der Waals surface area contributed by atoms with E-state index in [1.807, 2.05) is 4.57 Å². The van der Waals surface area contributed by atoms with Crippen LogP contribution in [0.4, 0.5) is 5.82 Å². The quantitative estimate of drug-likeness (QED) is 0.768. The molecule has 2 aromatic heterocycles.